The van der Waals surface area contributed by atoms with Crippen molar-refractivity contribution in [2.24, 2.45) is 0 Å². The maximum Gasteiger partial charge on any atom is 0.416 e. The molecule has 1 N–H and O–H groups in total. The van der Waals surface area contributed by atoms with Crippen molar-refractivity contribution in [2.45, 2.75) is 19.5 Å². The molecule has 0 saturated heterocycles. The first kappa shape index (κ1) is 26.4. The van der Waals surface area contributed by atoms with E-state index in [4.69, 9.17) is 0 Å². The highest BCUT2D eigenvalue weighted by atomic mass is 19.4. The van der Waals surface area contributed by atoms with Crippen LogP contribution >= 0.6 is 0 Å². The zero-order chi connectivity index (χ0) is 28.3. The Hall–Kier alpha value is -5.19. The highest BCUT2D eigenvalue weighted by Gasteiger charge is 2.31. The molecule has 40 heavy (non-hydrogen) atoms. The van der Waals surface area contributed by atoms with Gasteiger partial charge in [-0.3, -0.25) is 14.6 Å². The summed E-state index contributed by atoms with van der Waals surface area (Å²) in [5, 5.41) is 3.13. The fourth-order valence-corrected chi connectivity index (χ4v) is 4.06. The summed E-state index contributed by atoms with van der Waals surface area (Å²) in [7, 11) is 0. The normalized spacial score (nSPS) is 11.3. The molecule has 0 unspecified atom stereocenters. The van der Waals surface area contributed by atoms with Gasteiger partial charge in [-0.15, -0.1) is 0 Å². The number of hydrogen-bond donors (Lipinski definition) is 1. The van der Waals surface area contributed by atoms with Crippen LogP contribution in [0.4, 0.5) is 24.8 Å². The number of carbonyl (C=O) groups is 2. The molecular formula is C29H21F3N6O2. The van der Waals surface area contributed by atoms with Crippen LogP contribution < -0.4 is 5.32 Å². The topological polar surface area (TPSA) is 103 Å². The molecule has 3 heterocycles. The maximum atomic E-state index is 13.6. The van der Waals surface area contributed by atoms with E-state index in [1.54, 1.807) is 48.9 Å². The van der Waals surface area contributed by atoms with Crippen molar-refractivity contribution >= 4 is 23.7 Å². The average Bonchev–Trinajstić information content (AvgIpc) is 3.44. The lowest BCUT2D eigenvalue weighted by Gasteiger charge is -2.13. The number of rotatable bonds is 8. The highest BCUT2D eigenvalue weighted by molar-refractivity contribution is 5.98. The molecular weight excluding hydrogens is 521 g/mol. The summed E-state index contributed by atoms with van der Waals surface area (Å²) in [4.78, 5) is 40.9. The van der Waals surface area contributed by atoms with Gasteiger partial charge >= 0.3 is 6.18 Å². The molecule has 5 rings (SSSR count). The van der Waals surface area contributed by atoms with Gasteiger partial charge in [-0.05, 0) is 60.5 Å². The van der Waals surface area contributed by atoms with Crippen molar-refractivity contribution in [3.8, 4) is 16.9 Å². The van der Waals surface area contributed by atoms with Gasteiger partial charge in [0.15, 0.2) is 12.1 Å². The number of aldehydes is 1. The van der Waals surface area contributed by atoms with Crippen LogP contribution in [-0.2, 0) is 12.6 Å². The Morgan fingerprint density at radius 1 is 1.05 bits per heavy atom. The minimum absolute atomic E-state index is 0.0738. The quantitative estimate of drug-likeness (QED) is 0.189. The number of benzene rings is 2. The largest absolute Gasteiger partial charge is 0.416 e. The molecule has 0 fully saturated rings. The highest BCUT2D eigenvalue weighted by Crippen LogP contribution is 2.32. The van der Waals surface area contributed by atoms with E-state index in [1.165, 1.54) is 23.2 Å². The summed E-state index contributed by atoms with van der Waals surface area (Å²) in [6.45, 7) is 1.85. The van der Waals surface area contributed by atoms with E-state index in [0.29, 0.717) is 29.2 Å². The van der Waals surface area contributed by atoms with Crippen LogP contribution in [0.3, 0.4) is 0 Å². The number of pyridine rings is 1. The lowest BCUT2D eigenvalue weighted by Crippen LogP contribution is -2.10. The van der Waals surface area contributed by atoms with E-state index >= 15 is 0 Å². The molecule has 0 amide bonds. The van der Waals surface area contributed by atoms with Crippen molar-refractivity contribution in [3.05, 3.63) is 114 Å². The third-order valence-corrected chi connectivity index (χ3v) is 6.11. The molecule has 0 spiro atoms. The SMILES string of the molecule is Cc1ccc(C(=O)Cc2cc(-n3cnc(C=O)c3)cc(C(F)(F)F)c2)cc1Nc1nccc(-c2cccnc2)n1. The first-order valence-electron chi connectivity index (χ1n) is 12.0. The van der Waals surface area contributed by atoms with Crippen LogP contribution in [0.25, 0.3) is 16.9 Å². The molecule has 0 bridgehead atoms. The Kier molecular flexibility index (Phi) is 7.19. The number of alkyl halides is 3. The number of Topliss-reactive ketones (excluding diaryl/α,β-unsaturated/α-hetero) is 1. The van der Waals surface area contributed by atoms with Crippen LogP contribution in [0.1, 0.15) is 37.5 Å². The summed E-state index contributed by atoms with van der Waals surface area (Å²) in [6, 6.07) is 13.8. The summed E-state index contributed by atoms with van der Waals surface area (Å²) in [5.41, 5.74) is 2.64. The Morgan fingerprint density at radius 2 is 1.90 bits per heavy atom. The standard InChI is InChI=1S/C29H21F3N6O2/c1-18-4-5-20(12-26(18)37-28-34-8-6-25(36-28)21-3-2-7-33-14-21)27(40)11-19-9-22(29(30,31)32)13-24(10-19)38-15-23(16-39)35-17-38/h2-10,12-17H,11H2,1H3,(H,34,36,37). The lowest BCUT2D eigenvalue weighted by atomic mass is 9.99. The Morgan fingerprint density at radius 3 is 2.62 bits per heavy atom. The monoisotopic (exact) mass is 542 g/mol. The summed E-state index contributed by atoms with van der Waals surface area (Å²) >= 11 is 0. The van der Waals surface area contributed by atoms with Gasteiger partial charge < -0.3 is 9.88 Å². The number of carbonyl (C=O) groups excluding carboxylic acids is 2. The Balaban J connectivity index is 1.41. The summed E-state index contributed by atoms with van der Waals surface area (Å²) < 4.78 is 42.2. The fourth-order valence-electron chi connectivity index (χ4n) is 4.06. The second kappa shape index (κ2) is 10.9. The molecule has 11 heteroatoms. The van der Waals surface area contributed by atoms with E-state index in [2.05, 4.69) is 25.3 Å². The minimum atomic E-state index is -4.63. The molecule has 2 aromatic carbocycles. The Labute approximate surface area is 226 Å². The summed E-state index contributed by atoms with van der Waals surface area (Å²) in [5.74, 6) is -0.0656. The van der Waals surface area contributed by atoms with Crippen molar-refractivity contribution < 1.29 is 22.8 Å². The number of nitrogens with zero attached hydrogens (tertiary/aromatic N) is 5. The molecule has 0 aliphatic rings. The molecule has 0 saturated carbocycles. The van der Waals surface area contributed by atoms with Gasteiger partial charge in [0, 0.05) is 53.7 Å². The van der Waals surface area contributed by atoms with E-state index < -0.39 is 11.7 Å². The number of halogens is 3. The van der Waals surface area contributed by atoms with Gasteiger partial charge in [-0.25, -0.2) is 15.0 Å². The molecule has 3 aromatic heterocycles. The second-order valence-electron chi connectivity index (χ2n) is 8.97. The van der Waals surface area contributed by atoms with Gasteiger partial charge in [-0.2, -0.15) is 13.2 Å². The van der Waals surface area contributed by atoms with E-state index in [1.807, 2.05) is 13.0 Å². The van der Waals surface area contributed by atoms with Gasteiger partial charge in [0.2, 0.25) is 5.95 Å². The molecule has 200 valence electrons. The van der Waals surface area contributed by atoms with Crippen LogP contribution in [0.15, 0.2) is 85.7 Å². The number of ketones is 1. The van der Waals surface area contributed by atoms with Crippen LogP contribution in [-0.4, -0.2) is 36.6 Å². The van der Waals surface area contributed by atoms with Crippen molar-refractivity contribution in [1.29, 1.82) is 0 Å². The van der Waals surface area contributed by atoms with Crippen LogP contribution in [0, 0.1) is 6.92 Å². The molecule has 0 atom stereocenters. The van der Waals surface area contributed by atoms with E-state index in [0.717, 1.165) is 23.3 Å². The van der Waals surface area contributed by atoms with E-state index in [-0.39, 0.29) is 29.1 Å². The second-order valence-corrected chi connectivity index (χ2v) is 8.97. The predicted molar refractivity (Wildman–Crippen MR) is 142 cm³/mol. The minimum Gasteiger partial charge on any atom is -0.324 e. The third-order valence-electron chi connectivity index (χ3n) is 6.11. The van der Waals surface area contributed by atoms with Gasteiger partial charge in [0.25, 0.3) is 0 Å². The molecule has 0 radical (unpaired) electrons. The lowest BCUT2D eigenvalue weighted by molar-refractivity contribution is -0.137. The predicted octanol–water partition coefficient (Wildman–Crippen LogP) is 6.03. The van der Waals surface area contributed by atoms with Crippen LogP contribution in [0.2, 0.25) is 0 Å². The number of aromatic nitrogens is 5. The number of imidazole rings is 1. The average molecular weight is 543 g/mol. The van der Waals surface area contributed by atoms with Gasteiger partial charge in [0.1, 0.15) is 12.0 Å². The third kappa shape index (κ3) is 5.93. The van der Waals surface area contributed by atoms with Gasteiger partial charge in [0.05, 0.1) is 11.3 Å². The van der Waals surface area contributed by atoms with Crippen molar-refractivity contribution in [1.82, 2.24) is 24.5 Å². The number of anilines is 2. The zero-order valence-corrected chi connectivity index (χ0v) is 21.1. The van der Waals surface area contributed by atoms with Crippen molar-refractivity contribution in [3.63, 3.8) is 0 Å². The fraction of sp³-hybridized carbons (Fsp3) is 0.103. The molecule has 0 aliphatic carbocycles. The molecule has 0 aliphatic heterocycles. The van der Waals surface area contributed by atoms with E-state index in [9.17, 15) is 22.8 Å². The molecule has 5 aromatic rings. The smallest absolute Gasteiger partial charge is 0.324 e. The summed E-state index contributed by atoms with van der Waals surface area (Å²) in [6.07, 6.45) is 3.10. The number of aryl methyl sites for hydroxylation is 1. The first-order chi connectivity index (χ1) is 19.2. The van der Waals surface area contributed by atoms with Crippen LogP contribution in [0.5, 0.6) is 0 Å². The zero-order valence-electron chi connectivity index (χ0n) is 21.1. The van der Waals surface area contributed by atoms with Crippen molar-refractivity contribution in [2.75, 3.05) is 5.32 Å². The van der Waals surface area contributed by atoms with Gasteiger partial charge in [-0.1, -0.05) is 12.1 Å². The number of nitrogens with one attached hydrogen (secondary N) is 1. The molecule has 8 nitrogen and oxygen atoms in total. The Bertz CT molecular complexity index is 1700. The maximum absolute atomic E-state index is 13.6. The first-order valence-corrected chi connectivity index (χ1v) is 12.0. The number of hydrogen-bond acceptors (Lipinski definition) is 7.